The molecule has 7 heteroatoms. The first kappa shape index (κ1) is 17.9. The van der Waals surface area contributed by atoms with Gasteiger partial charge in [0.1, 0.15) is 11.8 Å². The molecule has 0 saturated carbocycles. The first-order valence-corrected chi connectivity index (χ1v) is 9.92. The van der Waals surface area contributed by atoms with Crippen LogP contribution in [0.3, 0.4) is 0 Å². The van der Waals surface area contributed by atoms with Crippen LogP contribution in [-0.4, -0.2) is 27.7 Å². The van der Waals surface area contributed by atoms with E-state index >= 15 is 0 Å². The van der Waals surface area contributed by atoms with Gasteiger partial charge >= 0.3 is 0 Å². The number of rotatable bonds is 3. The number of ether oxygens (including phenoxy) is 1. The predicted octanol–water partition coefficient (Wildman–Crippen LogP) is 4.63. The fourth-order valence-electron chi connectivity index (χ4n) is 4.00. The lowest BCUT2D eigenvalue weighted by Gasteiger charge is -2.32. The van der Waals surface area contributed by atoms with Crippen molar-refractivity contribution in [3.05, 3.63) is 70.4 Å². The molecule has 1 aliphatic heterocycles. The molecule has 0 radical (unpaired) electrons. The molecule has 0 saturated heterocycles. The highest BCUT2D eigenvalue weighted by atomic mass is 35.5. The smallest absolute Gasteiger partial charge is 0.226 e. The number of carbonyl (C=O) groups is 1. The highest BCUT2D eigenvalue weighted by Crippen LogP contribution is 2.42. The zero-order chi connectivity index (χ0) is 20.0. The van der Waals surface area contributed by atoms with Crippen molar-refractivity contribution in [3.8, 4) is 17.1 Å². The number of carbonyl (C=O) groups excluding carboxylic acids is 1. The summed E-state index contributed by atoms with van der Waals surface area (Å²) in [6.07, 6.45) is 2.18. The van der Waals surface area contributed by atoms with Crippen molar-refractivity contribution in [2.75, 3.05) is 12.4 Å². The minimum absolute atomic E-state index is 0.135. The van der Waals surface area contributed by atoms with Gasteiger partial charge in [-0.2, -0.15) is 4.98 Å². The van der Waals surface area contributed by atoms with Gasteiger partial charge in [0.25, 0.3) is 0 Å². The summed E-state index contributed by atoms with van der Waals surface area (Å²) in [6, 6.07) is 14.8. The predicted molar refractivity (Wildman–Crippen MR) is 111 cm³/mol. The van der Waals surface area contributed by atoms with Gasteiger partial charge in [-0.15, -0.1) is 5.10 Å². The summed E-state index contributed by atoms with van der Waals surface area (Å²) in [6.45, 7) is 0. The molecule has 3 aromatic rings. The molecule has 0 fully saturated rings. The van der Waals surface area contributed by atoms with Crippen molar-refractivity contribution >= 4 is 23.3 Å². The number of Topliss-reactive ketones (excluding diaryl/α,β-unsaturated/α-hetero) is 1. The lowest BCUT2D eigenvalue weighted by molar-refractivity contribution is -0.116. The van der Waals surface area contributed by atoms with E-state index < -0.39 is 0 Å². The van der Waals surface area contributed by atoms with Crippen LogP contribution in [0.4, 0.5) is 5.95 Å². The number of allylic oxidation sites excluding steroid dienone is 2. The number of nitrogens with zero attached hydrogens (tertiary/aromatic N) is 3. The SMILES string of the molecule is COc1ccc(-c2nc3n(n2)[C@@H](c2ccccc2Cl)C2=C(CCCC2=O)N3)cc1. The van der Waals surface area contributed by atoms with Crippen LogP contribution < -0.4 is 10.1 Å². The molecule has 0 amide bonds. The number of methoxy groups -OCH3 is 1. The van der Waals surface area contributed by atoms with Crippen molar-refractivity contribution in [2.24, 2.45) is 0 Å². The third-order valence-electron chi connectivity index (χ3n) is 5.42. The van der Waals surface area contributed by atoms with Gasteiger partial charge in [0, 0.05) is 33.8 Å². The molecule has 1 atom stereocenters. The van der Waals surface area contributed by atoms with E-state index in [1.807, 2.05) is 48.5 Å². The normalized spacial score (nSPS) is 18.1. The van der Waals surface area contributed by atoms with Crippen molar-refractivity contribution < 1.29 is 9.53 Å². The molecule has 0 bridgehead atoms. The van der Waals surface area contributed by atoms with Crippen LogP contribution in [0.2, 0.25) is 5.02 Å². The van der Waals surface area contributed by atoms with Crippen LogP contribution >= 0.6 is 11.6 Å². The first-order chi connectivity index (χ1) is 14.2. The Morgan fingerprint density at radius 1 is 1.14 bits per heavy atom. The molecule has 0 unspecified atom stereocenters. The third kappa shape index (κ3) is 3.00. The molecule has 6 nitrogen and oxygen atoms in total. The lowest BCUT2D eigenvalue weighted by atomic mass is 9.85. The third-order valence-corrected chi connectivity index (χ3v) is 5.76. The van der Waals surface area contributed by atoms with E-state index in [1.54, 1.807) is 11.8 Å². The van der Waals surface area contributed by atoms with Crippen LogP contribution in [-0.2, 0) is 4.79 Å². The van der Waals surface area contributed by atoms with E-state index in [2.05, 4.69) is 5.32 Å². The molecule has 5 rings (SSSR count). The van der Waals surface area contributed by atoms with E-state index in [0.717, 1.165) is 41.0 Å². The van der Waals surface area contributed by atoms with Crippen LogP contribution in [0.25, 0.3) is 11.4 Å². The zero-order valence-electron chi connectivity index (χ0n) is 15.9. The quantitative estimate of drug-likeness (QED) is 0.686. The number of aromatic nitrogens is 3. The molecule has 2 aliphatic rings. The molecule has 146 valence electrons. The van der Waals surface area contributed by atoms with Gasteiger partial charge in [-0.05, 0) is 43.2 Å². The second-order valence-corrected chi connectivity index (χ2v) is 7.56. The summed E-state index contributed by atoms with van der Waals surface area (Å²) >= 11 is 6.53. The Labute approximate surface area is 173 Å². The largest absolute Gasteiger partial charge is 0.497 e. The standard InChI is InChI=1S/C22H19ClN4O2/c1-29-14-11-9-13(10-12-14)21-25-22-24-17-7-4-8-18(28)19(17)20(27(22)26-21)15-5-2-3-6-16(15)23/h2-3,5-6,9-12,20H,4,7-8H2,1H3,(H,24,25,26)/t20-/m0/s1. The monoisotopic (exact) mass is 406 g/mol. The van der Waals surface area contributed by atoms with Crippen molar-refractivity contribution in [1.82, 2.24) is 14.8 Å². The highest BCUT2D eigenvalue weighted by Gasteiger charge is 2.37. The molecule has 2 aromatic carbocycles. The average Bonchev–Trinajstić information content (AvgIpc) is 3.17. The summed E-state index contributed by atoms with van der Waals surface area (Å²) < 4.78 is 7.01. The van der Waals surface area contributed by atoms with Gasteiger partial charge in [-0.25, -0.2) is 4.68 Å². The number of hydrogen-bond donors (Lipinski definition) is 1. The Morgan fingerprint density at radius 2 is 1.93 bits per heavy atom. The molecule has 0 spiro atoms. The minimum atomic E-state index is -0.387. The Balaban J connectivity index is 1.66. The highest BCUT2D eigenvalue weighted by molar-refractivity contribution is 6.31. The Bertz CT molecular complexity index is 1130. The number of halogens is 1. The van der Waals surface area contributed by atoms with Crippen molar-refractivity contribution in [1.29, 1.82) is 0 Å². The van der Waals surface area contributed by atoms with Crippen molar-refractivity contribution in [2.45, 2.75) is 25.3 Å². The fraction of sp³-hybridized carbons (Fsp3) is 0.227. The number of ketones is 1. The zero-order valence-corrected chi connectivity index (χ0v) is 16.6. The summed E-state index contributed by atoms with van der Waals surface area (Å²) in [4.78, 5) is 17.6. The second-order valence-electron chi connectivity index (χ2n) is 7.15. The molecular weight excluding hydrogens is 388 g/mol. The summed E-state index contributed by atoms with van der Waals surface area (Å²) in [5, 5.41) is 8.71. The molecule has 1 aromatic heterocycles. The summed E-state index contributed by atoms with van der Waals surface area (Å²) in [5.74, 6) is 2.11. The van der Waals surface area contributed by atoms with Crippen molar-refractivity contribution in [3.63, 3.8) is 0 Å². The summed E-state index contributed by atoms with van der Waals surface area (Å²) in [5.41, 5.74) is 3.39. The van der Waals surface area contributed by atoms with Gasteiger partial charge in [0.15, 0.2) is 11.6 Å². The van der Waals surface area contributed by atoms with E-state index in [0.29, 0.717) is 23.2 Å². The number of benzene rings is 2. The van der Waals surface area contributed by atoms with Gasteiger partial charge in [-0.1, -0.05) is 29.8 Å². The topological polar surface area (TPSA) is 69.0 Å². The average molecular weight is 407 g/mol. The number of nitrogens with one attached hydrogen (secondary N) is 1. The molecule has 2 heterocycles. The molecular formula is C22H19ClN4O2. The second kappa shape index (κ2) is 7.04. The van der Waals surface area contributed by atoms with Crippen LogP contribution in [0.1, 0.15) is 30.9 Å². The van der Waals surface area contributed by atoms with Gasteiger partial charge < -0.3 is 10.1 Å². The minimum Gasteiger partial charge on any atom is -0.497 e. The number of anilines is 1. The lowest BCUT2D eigenvalue weighted by Crippen LogP contribution is -2.31. The van der Waals surface area contributed by atoms with Gasteiger partial charge in [-0.3, -0.25) is 4.79 Å². The molecule has 29 heavy (non-hydrogen) atoms. The first-order valence-electron chi connectivity index (χ1n) is 9.54. The maximum atomic E-state index is 12.9. The van der Waals surface area contributed by atoms with E-state index in [9.17, 15) is 4.79 Å². The van der Waals surface area contributed by atoms with Crippen LogP contribution in [0, 0.1) is 0 Å². The van der Waals surface area contributed by atoms with Gasteiger partial charge in [0.05, 0.1) is 7.11 Å². The van der Waals surface area contributed by atoms with Crippen LogP contribution in [0.5, 0.6) is 5.75 Å². The van der Waals surface area contributed by atoms with E-state index in [1.165, 1.54) is 0 Å². The molecule has 1 aliphatic carbocycles. The Morgan fingerprint density at radius 3 is 2.69 bits per heavy atom. The van der Waals surface area contributed by atoms with E-state index in [-0.39, 0.29) is 11.8 Å². The fourth-order valence-corrected chi connectivity index (χ4v) is 4.24. The van der Waals surface area contributed by atoms with E-state index in [4.69, 9.17) is 26.4 Å². The summed E-state index contributed by atoms with van der Waals surface area (Å²) in [7, 11) is 1.63. The maximum Gasteiger partial charge on any atom is 0.226 e. The molecule has 1 N–H and O–H groups in total. The maximum absolute atomic E-state index is 12.9. The number of hydrogen-bond acceptors (Lipinski definition) is 5. The Hall–Kier alpha value is -3.12. The van der Waals surface area contributed by atoms with Gasteiger partial charge in [0.2, 0.25) is 5.95 Å². The number of fused-ring (bicyclic) bond motifs is 1. The Kier molecular flexibility index (Phi) is 4.36. The van der Waals surface area contributed by atoms with Crippen LogP contribution in [0.15, 0.2) is 59.8 Å².